The molecule has 0 bridgehead atoms. The number of aromatic nitrogens is 1. The number of nitrogens with zero attached hydrogens (tertiary/aromatic N) is 2. The third kappa shape index (κ3) is 2.74. The minimum Gasteiger partial charge on any atom is -0.366 e. The van der Waals surface area contributed by atoms with E-state index >= 15 is 0 Å². The summed E-state index contributed by atoms with van der Waals surface area (Å²) in [6, 6.07) is 4.10. The number of carbonyl (C=O) groups excluding carboxylic acids is 1. The molecule has 5 heteroatoms. The lowest BCUT2D eigenvalue weighted by Crippen LogP contribution is -2.44. The van der Waals surface area contributed by atoms with Gasteiger partial charge in [0.25, 0.3) is 0 Å². The lowest BCUT2D eigenvalue weighted by molar-refractivity contribution is 0.1000. The average Bonchev–Trinajstić information content (AvgIpc) is 2.39. The number of carbonyl (C=O) groups is 1. The SMILES string of the molecule is CNC1CCCN(c2ccc(C(N)=O)cn2)C1. The zero-order valence-corrected chi connectivity index (χ0v) is 10.0. The second kappa shape index (κ2) is 5.14. The third-order valence-corrected chi connectivity index (χ3v) is 3.19. The van der Waals surface area contributed by atoms with Gasteiger partial charge in [-0.05, 0) is 32.0 Å². The van der Waals surface area contributed by atoms with Crippen LogP contribution in [0.25, 0.3) is 0 Å². The van der Waals surface area contributed by atoms with Crippen LogP contribution in [0, 0.1) is 0 Å². The smallest absolute Gasteiger partial charge is 0.250 e. The maximum absolute atomic E-state index is 10.9. The van der Waals surface area contributed by atoms with Crippen LogP contribution in [0.2, 0.25) is 0 Å². The molecule has 5 nitrogen and oxygen atoms in total. The summed E-state index contributed by atoms with van der Waals surface area (Å²) in [5, 5.41) is 3.29. The fourth-order valence-electron chi connectivity index (χ4n) is 2.14. The molecule has 1 aliphatic heterocycles. The molecular weight excluding hydrogens is 216 g/mol. The van der Waals surface area contributed by atoms with Crippen LogP contribution in [0.3, 0.4) is 0 Å². The van der Waals surface area contributed by atoms with E-state index in [0.717, 1.165) is 25.3 Å². The summed E-state index contributed by atoms with van der Waals surface area (Å²) in [5.74, 6) is 0.478. The number of likely N-dealkylation sites (N-methyl/N-ethyl adjacent to an activating group) is 1. The van der Waals surface area contributed by atoms with Crippen LogP contribution in [0.1, 0.15) is 23.2 Å². The van der Waals surface area contributed by atoms with Gasteiger partial charge in [0.2, 0.25) is 5.91 Å². The zero-order chi connectivity index (χ0) is 12.3. The van der Waals surface area contributed by atoms with Gasteiger partial charge >= 0.3 is 0 Å². The second-order valence-electron chi connectivity index (χ2n) is 4.34. The first-order valence-electron chi connectivity index (χ1n) is 5.89. The summed E-state index contributed by atoms with van der Waals surface area (Å²) in [4.78, 5) is 17.5. The molecule has 1 saturated heterocycles. The highest BCUT2D eigenvalue weighted by molar-refractivity contribution is 5.92. The molecule has 0 aromatic carbocycles. The van der Waals surface area contributed by atoms with Gasteiger partial charge in [-0.1, -0.05) is 0 Å². The molecular formula is C12H18N4O. The minimum absolute atomic E-state index is 0.434. The van der Waals surface area contributed by atoms with Crippen LogP contribution in [0.15, 0.2) is 18.3 Å². The summed E-state index contributed by atoms with van der Waals surface area (Å²) in [7, 11) is 1.98. The normalized spacial score (nSPS) is 20.3. The van der Waals surface area contributed by atoms with Crippen molar-refractivity contribution in [1.29, 1.82) is 0 Å². The number of rotatable bonds is 3. The van der Waals surface area contributed by atoms with Gasteiger partial charge in [-0.15, -0.1) is 0 Å². The van der Waals surface area contributed by atoms with Gasteiger partial charge in [0.1, 0.15) is 5.82 Å². The van der Waals surface area contributed by atoms with E-state index in [0.29, 0.717) is 11.6 Å². The van der Waals surface area contributed by atoms with E-state index in [1.165, 1.54) is 6.42 Å². The predicted octanol–water partition coefficient (Wildman–Crippen LogP) is 0.369. The van der Waals surface area contributed by atoms with Crippen molar-refractivity contribution in [3.63, 3.8) is 0 Å². The summed E-state index contributed by atoms with van der Waals surface area (Å²) in [6.45, 7) is 1.97. The van der Waals surface area contributed by atoms with E-state index in [1.54, 1.807) is 12.3 Å². The number of piperidine rings is 1. The summed E-state index contributed by atoms with van der Waals surface area (Å²) in [5.41, 5.74) is 5.64. The number of nitrogens with two attached hydrogens (primary N) is 1. The first-order chi connectivity index (χ1) is 8.20. The number of primary amides is 1. The van der Waals surface area contributed by atoms with Crippen LogP contribution >= 0.6 is 0 Å². The van der Waals surface area contributed by atoms with E-state index in [2.05, 4.69) is 15.2 Å². The van der Waals surface area contributed by atoms with E-state index in [-0.39, 0.29) is 0 Å². The van der Waals surface area contributed by atoms with Crippen LogP contribution in [-0.2, 0) is 0 Å². The van der Waals surface area contributed by atoms with Crippen molar-refractivity contribution in [1.82, 2.24) is 10.3 Å². The van der Waals surface area contributed by atoms with E-state index in [9.17, 15) is 4.79 Å². The van der Waals surface area contributed by atoms with Gasteiger partial charge in [-0.3, -0.25) is 4.79 Å². The molecule has 17 heavy (non-hydrogen) atoms. The largest absolute Gasteiger partial charge is 0.366 e. The molecule has 0 aliphatic carbocycles. The number of hydrogen-bond acceptors (Lipinski definition) is 4. The highest BCUT2D eigenvalue weighted by Crippen LogP contribution is 2.17. The Morgan fingerprint density at radius 3 is 3.00 bits per heavy atom. The second-order valence-corrected chi connectivity index (χ2v) is 4.34. The lowest BCUT2D eigenvalue weighted by atomic mass is 10.1. The fraction of sp³-hybridized carbons (Fsp3) is 0.500. The Labute approximate surface area is 101 Å². The number of hydrogen-bond donors (Lipinski definition) is 2. The summed E-state index contributed by atoms with van der Waals surface area (Å²) in [6.07, 6.45) is 3.90. The van der Waals surface area contributed by atoms with Gasteiger partial charge < -0.3 is 16.0 Å². The van der Waals surface area contributed by atoms with Crippen molar-refractivity contribution in [3.05, 3.63) is 23.9 Å². The molecule has 1 fully saturated rings. The van der Waals surface area contributed by atoms with Gasteiger partial charge in [-0.2, -0.15) is 0 Å². The Morgan fingerprint density at radius 2 is 2.41 bits per heavy atom. The Morgan fingerprint density at radius 1 is 1.59 bits per heavy atom. The minimum atomic E-state index is -0.434. The maximum atomic E-state index is 10.9. The molecule has 1 aliphatic rings. The average molecular weight is 234 g/mol. The van der Waals surface area contributed by atoms with Crippen LogP contribution in [0.5, 0.6) is 0 Å². The van der Waals surface area contributed by atoms with Crippen LogP contribution in [-0.4, -0.2) is 37.1 Å². The fourth-order valence-corrected chi connectivity index (χ4v) is 2.14. The quantitative estimate of drug-likeness (QED) is 0.792. The molecule has 1 aromatic heterocycles. The van der Waals surface area contributed by atoms with Crippen molar-refractivity contribution in [2.75, 3.05) is 25.0 Å². The first-order valence-corrected chi connectivity index (χ1v) is 5.89. The molecule has 1 aromatic rings. The van der Waals surface area contributed by atoms with Gasteiger partial charge in [-0.25, -0.2) is 4.98 Å². The van der Waals surface area contributed by atoms with Crippen molar-refractivity contribution in [2.24, 2.45) is 5.73 Å². The van der Waals surface area contributed by atoms with E-state index in [1.807, 2.05) is 13.1 Å². The summed E-state index contributed by atoms with van der Waals surface area (Å²) < 4.78 is 0. The standard InChI is InChI=1S/C12H18N4O/c1-14-10-3-2-6-16(8-10)11-5-4-9(7-15-11)12(13)17/h4-5,7,10,14H,2-3,6,8H2,1H3,(H2,13,17). The summed E-state index contributed by atoms with van der Waals surface area (Å²) >= 11 is 0. The highest BCUT2D eigenvalue weighted by Gasteiger charge is 2.19. The number of amides is 1. The molecule has 3 N–H and O–H groups in total. The van der Waals surface area contributed by atoms with Gasteiger partial charge in [0.05, 0.1) is 5.56 Å². The van der Waals surface area contributed by atoms with Crippen molar-refractivity contribution >= 4 is 11.7 Å². The Bertz CT molecular complexity index is 390. The predicted molar refractivity (Wildman–Crippen MR) is 67.0 cm³/mol. The van der Waals surface area contributed by atoms with E-state index < -0.39 is 5.91 Å². The highest BCUT2D eigenvalue weighted by atomic mass is 16.1. The topological polar surface area (TPSA) is 71.2 Å². The van der Waals surface area contributed by atoms with Crippen molar-refractivity contribution < 1.29 is 4.79 Å². The molecule has 0 spiro atoms. The molecule has 92 valence electrons. The van der Waals surface area contributed by atoms with E-state index in [4.69, 9.17) is 5.73 Å². The van der Waals surface area contributed by atoms with Crippen molar-refractivity contribution in [2.45, 2.75) is 18.9 Å². The number of nitrogens with one attached hydrogen (secondary N) is 1. The third-order valence-electron chi connectivity index (χ3n) is 3.19. The number of pyridine rings is 1. The van der Waals surface area contributed by atoms with Crippen molar-refractivity contribution in [3.8, 4) is 0 Å². The molecule has 2 rings (SSSR count). The number of anilines is 1. The molecule has 0 radical (unpaired) electrons. The van der Waals surface area contributed by atoms with Crippen LogP contribution < -0.4 is 16.0 Å². The maximum Gasteiger partial charge on any atom is 0.250 e. The Hall–Kier alpha value is -1.62. The van der Waals surface area contributed by atoms with Crippen LogP contribution in [0.4, 0.5) is 5.82 Å². The molecule has 1 unspecified atom stereocenters. The Kier molecular flexibility index (Phi) is 3.58. The van der Waals surface area contributed by atoms with Gasteiger partial charge in [0, 0.05) is 25.3 Å². The zero-order valence-electron chi connectivity index (χ0n) is 10.0. The lowest BCUT2D eigenvalue weighted by Gasteiger charge is -2.33. The first kappa shape index (κ1) is 11.9. The molecule has 0 saturated carbocycles. The molecule has 1 amide bonds. The molecule has 2 heterocycles. The monoisotopic (exact) mass is 234 g/mol. The molecule has 1 atom stereocenters. The Balaban J connectivity index is 2.08. The van der Waals surface area contributed by atoms with Gasteiger partial charge in [0.15, 0.2) is 0 Å².